The van der Waals surface area contributed by atoms with E-state index >= 15 is 0 Å². The van der Waals surface area contributed by atoms with E-state index < -0.39 is 0 Å². The highest BCUT2D eigenvalue weighted by atomic mass is 32.1. The summed E-state index contributed by atoms with van der Waals surface area (Å²) < 4.78 is 1.22. The Balaban J connectivity index is 1.53. The quantitative estimate of drug-likeness (QED) is 0.712. The molecule has 0 bridgehead atoms. The minimum Gasteiger partial charge on any atom is -0.352 e. The standard InChI is InChI=1S/C19H20N2OS/c1-13-7-5-8-15(14(13)2)19(22)20-12-6-11-18-21-16-9-3-4-10-17(16)23-18/h3-5,7-10H,6,11-12H2,1-2H3,(H,20,22). The minimum absolute atomic E-state index is 0.00972. The van der Waals surface area contributed by atoms with Gasteiger partial charge < -0.3 is 5.32 Å². The van der Waals surface area contributed by atoms with Crippen LogP contribution >= 0.6 is 11.3 Å². The summed E-state index contributed by atoms with van der Waals surface area (Å²) in [5.74, 6) is 0.00972. The van der Waals surface area contributed by atoms with Gasteiger partial charge in [-0.1, -0.05) is 24.3 Å². The van der Waals surface area contributed by atoms with Gasteiger partial charge in [0.15, 0.2) is 0 Å². The van der Waals surface area contributed by atoms with Gasteiger partial charge in [-0.05, 0) is 49.6 Å². The first-order valence-corrected chi connectivity index (χ1v) is 8.65. The van der Waals surface area contributed by atoms with Gasteiger partial charge in [0.2, 0.25) is 0 Å². The summed E-state index contributed by atoms with van der Waals surface area (Å²) in [5.41, 5.74) is 4.03. The number of benzene rings is 2. The van der Waals surface area contributed by atoms with Gasteiger partial charge in [-0.2, -0.15) is 0 Å². The molecule has 0 radical (unpaired) electrons. The fourth-order valence-electron chi connectivity index (χ4n) is 2.56. The van der Waals surface area contributed by atoms with E-state index in [0.717, 1.165) is 40.1 Å². The van der Waals surface area contributed by atoms with Gasteiger partial charge in [0.05, 0.1) is 15.2 Å². The zero-order valence-electron chi connectivity index (χ0n) is 13.4. The van der Waals surface area contributed by atoms with Crippen molar-refractivity contribution in [1.29, 1.82) is 0 Å². The number of hydrogen-bond donors (Lipinski definition) is 1. The van der Waals surface area contributed by atoms with Gasteiger partial charge in [0.25, 0.3) is 5.91 Å². The average Bonchev–Trinajstić information content (AvgIpc) is 2.96. The molecule has 1 heterocycles. The molecule has 118 valence electrons. The predicted octanol–water partition coefficient (Wildman–Crippen LogP) is 4.28. The van der Waals surface area contributed by atoms with E-state index in [1.165, 1.54) is 4.70 Å². The molecule has 0 atom stereocenters. The molecule has 0 unspecified atom stereocenters. The van der Waals surface area contributed by atoms with Crippen molar-refractivity contribution in [2.75, 3.05) is 6.54 Å². The molecular weight excluding hydrogens is 304 g/mol. The zero-order valence-corrected chi connectivity index (χ0v) is 14.2. The van der Waals surface area contributed by atoms with Crippen molar-refractivity contribution in [3.8, 4) is 0 Å². The summed E-state index contributed by atoms with van der Waals surface area (Å²) in [6, 6.07) is 14.0. The summed E-state index contributed by atoms with van der Waals surface area (Å²) in [4.78, 5) is 16.9. The van der Waals surface area contributed by atoms with Crippen LogP contribution in [0, 0.1) is 13.8 Å². The van der Waals surface area contributed by atoms with Gasteiger partial charge in [-0.15, -0.1) is 11.3 Å². The van der Waals surface area contributed by atoms with Crippen molar-refractivity contribution >= 4 is 27.5 Å². The van der Waals surface area contributed by atoms with Crippen LogP contribution in [0.1, 0.15) is 32.9 Å². The third-order valence-electron chi connectivity index (χ3n) is 4.04. The first-order valence-electron chi connectivity index (χ1n) is 7.84. The molecular formula is C19H20N2OS. The number of thiazole rings is 1. The van der Waals surface area contributed by atoms with Crippen molar-refractivity contribution < 1.29 is 4.79 Å². The summed E-state index contributed by atoms with van der Waals surface area (Å²) in [6.07, 6.45) is 1.79. The van der Waals surface area contributed by atoms with Gasteiger partial charge in [-0.25, -0.2) is 4.98 Å². The second kappa shape index (κ2) is 6.92. The van der Waals surface area contributed by atoms with Crippen molar-refractivity contribution in [3.63, 3.8) is 0 Å². The third kappa shape index (κ3) is 3.59. The molecule has 4 heteroatoms. The number of aromatic nitrogens is 1. The highest BCUT2D eigenvalue weighted by Crippen LogP contribution is 2.22. The summed E-state index contributed by atoms with van der Waals surface area (Å²) >= 11 is 1.73. The van der Waals surface area contributed by atoms with Gasteiger partial charge in [0.1, 0.15) is 0 Å². The number of fused-ring (bicyclic) bond motifs is 1. The molecule has 0 aliphatic rings. The SMILES string of the molecule is Cc1cccc(C(=O)NCCCc2nc3ccccc3s2)c1C. The smallest absolute Gasteiger partial charge is 0.251 e. The van der Waals surface area contributed by atoms with Crippen molar-refractivity contribution in [2.45, 2.75) is 26.7 Å². The molecule has 0 fully saturated rings. The maximum absolute atomic E-state index is 12.2. The van der Waals surface area contributed by atoms with Crippen LogP contribution in [0.15, 0.2) is 42.5 Å². The number of rotatable bonds is 5. The molecule has 0 saturated heterocycles. The summed E-state index contributed by atoms with van der Waals surface area (Å²) in [5, 5.41) is 4.14. The fraction of sp³-hybridized carbons (Fsp3) is 0.263. The van der Waals surface area contributed by atoms with Crippen LogP contribution in [0.5, 0.6) is 0 Å². The summed E-state index contributed by atoms with van der Waals surface area (Å²) in [6.45, 7) is 4.69. The van der Waals surface area contributed by atoms with E-state index in [0.29, 0.717) is 6.54 Å². The summed E-state index contributed by atoms with van der Waals surface area (Å²) in [7, 11) is 0. The number of nitrogens with one attached hydrogen (secondary N) is 1. The largest absolute Gasteiger partial charge is 0.352 e. The number of nitrogens with zero attached hydrogens (tertiary/aromatic N) is 1. The lowest BCUT2D eigenvalue weighted by Crippen LogP contribution is -2.25. The zero-order chi connectivity index (χ0) is 16.2. The van der Waals surface area contributed by atoms with Crippen molar-refractivity contribution in [3.05, 3.63) is 64.2 Å². The Bertz CT molecular complexity index is 805. The number of hydrogen-bond acceptors (Lipinski definition) is 3. The van der Waals surface area contributed by atoms with Crippen molar-refractivity contribution in [2.24, 2.45) is 0 Å². The highest BCUT2D eigenvalue weighted by molar-refractivity contribution is 7.18. The Hall–Kier alpha value is -2.20. The predicted molar refractivity (Wildman–Crippen MR) is 96.2 cm³/mol. The second-order valence-electron chi connectivity index (χ2n) is 5.68. The molecule has 2 aromatic carbocycles. The average molecular weight is 324 g/mol. The lowest BCUT2D eigenvalue weighted by atomic mass is 10.0. The Labute approximate surface area is 140 Å². The lowest BCUT2D eigenvalue weighted by molar-refractivity contribution is 0.0952. The number of amides is 1. The van der Waals surface area contributed by atoms with Gasteiger partial charge in [-0.3, -0.25) is 4.79 Å². The Morgan fingerprint density at radius 2 is 1.96 bits per heavy atom. The molecule has 0 saturated carbocycles. The van der Waals surface area contributed by atoms with Crippen LogP contribution in [0.3, 0.4) is 0 Å². The van der Waals surface area contributed by atoms with E-state index in [1.807, 2.05) is 50.2 Å². The first-order chi connectivity index (χ1) is 11.1. The molecule has 0 spiro atoms. The molecule has 1 amide bonds. The van der Waals surface area contributed by atoms with E-state index in [2.05, 4.69) is 16.4 Å². The molecule has 1 aromatic heterocycles. The molecule has 1 N–H and O–H groups in total. The third-order valence-corrected chi connectivity index (χ3v) is 5.14. The molecule has 23 heavy (non-hydrogen) atoms. The van der Waals surface area contributed by atoms with Gasteiger partial charge >= 0.3 is 0 Å². The molecule has 3 rings (SSSR count). The molecule has 0 aliphatic heterocycles. The highest BCUT2D eigenvalue weighted by Gasteiger charge is 2.09. The van der Waals surface area contributed by atoms with Gasteiger partial charge in [0, 0.05) is 18.5 Å². The van der Waals surface area contributed by atoms with Crippen molar-refractivity contribution in [1.82, 2.24) is 10.3 Å². The Morgan fingerprint density at radius 3 is 2.78 bits per heavy atom. The van der Waals surface area contributed by atoms with E-state index in [9.17, 15) is 4.79 Å². The van der Waals surface area contributed by atoms with E-state index in [1.54, 1.807) is 11.3 Å². The topological polar surface area (TPSA) is 42.0 Å². The maximum Gasteiger partial charge on any atom is 0.251 e. The molecule has 0 aliphatic carbocycles. The number of aryl methyl sites for hydroxylation is 2. The van der Waals surface area contributed by atoms with Crippen LogP contribution < -0.4 is 5.32 Å². The molecule has 3 aromatic rings. The fourth-order valence-corrected chi connectivity index (χ4v) is 3.57. The van der Waals surface area contributed by atoms with Crippen LogP contribution in [0.25, 0.3) is 10.2 Å². The monoisotopic (exact) mass is 324 g/mol. The van der Waals surface area contributed by atoms with Crippen LogP contribution in [0.2, 0.25) is 0 Å². The number of carbonyl (C=O) groups excluding carboxylic acids is 1. The molecule has 3 nitrogen and oxygen atoms in total. The number of carbonyl (C=O) groups is 1. The van der Waals surface area contributed by atoms with E-state index in [4.69, 9.17) is 0 Å². The van der Waals surface area contributed by atoms with Crippen LogP contribution in [-0.2, 0) is 6.42 Å². The van der Waals surface area contributed by atoms with Crippen LogP contribution in [0.4, 0.5) is 0 Å². The minimum atomic E-state index is 0.00972. The lowest BCUT2D eigenvalue weighted by Gasteiger charge is -2.09. The first kappa shape index (κ1) is 15.7. The van der Waals surface area contributed by atoms with Crippen LogP contribution in [-0.4, -0.2) is 17.4 Å². The maximum atomic E-state index is 12.2. The van der Waals surface area contributed by atoms with E-state index in [-0.39, 0.29) is 5.91 Å². The second-order valence-corrected chi connectivity index (χ2v) is 6.80. The Kier molecular flexibility index (Phi) is 4.72. The normalized spacial score (nSPS) is 10.9. The Morgan fingerprint density at radius 1 is 1.13 bits per heavy atom. The number of para-hydroxylation sites is 1.